The summed E-state index contributed by atoms with van der Waals surface area (Å²) in [6.45, 7) is 2.17. The minimum absolute atomic E-state index is 0.0464. The van der Waals surface area contributed by atoms with Gasteiger partial charge in [-0.05, 0) is 41.2 Å². The van der Waals surface area contributed by atoms with Gasteiger partial charge >= 0.3 is 6.09 Å². The SMILES string of the molecule is Cc1ccc(C[C@@H](CC(=O)[O-])NC(=O)OCC2c3ccccc3-c3ccccc32)cc1. The minimum atomic E-state index is -1.21. The van der Waals surface area contributed by atoms with E-state index >= 15 is 0 Å². The zero-order valence-electron chi connectivity index (χ0n) is 17.3. The van der Waals surface area contributed by atoms with Crippen molar-refractivity contribution in [2.24, 2.45) is 0 Å². The van der Waals surface area contributed by atoms with Gasteiger partial charge in [-0.1, -0.05) is 78.4 Å². The Balaban J connectivity index is 1.42. The molecule has 1 aliphatic carbocycles. The van der Waals surface area contributed by atoms with Gasteiger partial charge in [-0.15, -0.1) is 0 Å². The van der Waals surface area contributed by atoms with Gasteiger partial charge in [0.2, 0.25) is 0 Å². The standard InChI is InChI=1S/C26H25NO4/c1-17-10-12-18(13-11-17)14-19(15-25(28)29)27-26(30)31-16-24-22-8-4-2-6-20(22)21-7-3-5-9-23(21)24/h2-13,19,24H,14-16H2,1H3,(H,27,30)(H,28,29)/p-1/t19-/m0/s1. The van der Waals surface area contributed by atoms with Crippen molar-refractivity contribution in [3.63, 3.8) is 0 Å². The number of benzene rings is 3. The number of alkyl carbamates (subject to hydrolysis) is 1. The number of carboxylic acids is 1. The van der Waals surface area contributed by atoms with Crippen molar-refractivity contribution in [2.45, 2.75) is 31.7 Å². The number of aryl methyl sites for hydroxylation is 1. The molecule has 158 valence electrons. The number of hydrogen-bond acceptors (Lipinski definition) is 4. The first kappa shape index (κ1) is 20.7. The molecule has 1 aliphatic rings. The van der Waals surface area contributed by atoms with Gasteiger partial charge in [0.1, 0.15) is 6.61 Å². The second kappa shape index (κ2) is 9.04. The molecule has 3 aromatic rings. The van der Waals surface area contributed by atoms with E-state index in [1.54, 1.807) is 0 Å². The second-order valence-corrected chi connectivity index (χ2v) is 7.93. The summed E-state index contributed by atoms with van der Waals surface area (Å²) in [7, 11) is 0. The van der Waals surface area contributed by atoms with Crippen LogP contribution in [-0.4, -0.2) is 24.7 Å². The highest BCUT2D eigenvalue weighted by atomic mass is 16.5. The number of carbonyl (C=O) groups is 2. The van der Waals surface area contributed by atoms with Crippen molar-refractivity contribution >= 4 is 12.1 Å². The van der Waals surface area contributed by atoms with Crippen LogP contribution in [0.1, 0.15) is 34.6 Å². The quantitative estimate of drug-likeness (QED) is 0.641. The van der Waals surface area contributed by atoms with Gasteiger partial charge in [0.25, 0.3) is 0 Å². The average molecular weight is 414 g/mol. The van der Waals surface area contributed by atoms with E-state index in [0.717, 1.165) is 33.4 Å². The third-order valence-corrected chi connectivity index (χ3v) is 5.68. The Bertz CT molecular complexity index is 1050. The maximum Gasteiger partial charge on any atom is 0.407 e. The van der Waals surface area contributed by atoms with E-state index in [1.807, 2.05) is 55.5 Å². The summed E-state index contributed by atoms with van der Waals surface area (Å²) >= 11 is 0. The molecule has 0 saturated carbocycles. The van der Waals surface area contributed by atoms with Crippen LogP contribution in [0, 0.1) is 6.92 Å². The summed E-state index contributed by atoms with van der Waals surface area (Å²) in [6, 6.07) is 23.4. The highest BCUT2D eigenvalue weighted by Crippen LogP contribution is 2.44. The van der Waals surface area contributed by atoms with Crippen LogP contribution < -0.4 is 10.4 Å². The average Bonchev–Trinajstić information content (AvgIpc) is 3.07. The fourth-order valence-corrected chi connectivity index (χ4v) is 4.19. The molecule has 0 spiro atoms. The van der Waals surface area contributed by atoms with Crippen LogP contribution in [-0.2, 0) is 16.0 Å². The summed E-state index contributed by atoms with van der Waals surface area (Å²) in [5, 5.41) is 13.9. The minimum Gasteiger partial charge on any atom is -0.550 e. The molecular weight excluding hydrogens is 390 g/mol. The number of hydrogen-bond donors (Lipinski definition) is 1. The summed E-state index contributed by atoms with van der Waals surface area (Å²) in [6.07, 6.45) is -0.517. The second-order valence-electron chi connectivity index (χ2n) is 7.93. The predicted molar refractivity (Wildman–Crippen MR) is 116 cm³/mol. The maximum atomic E-state index is 12.5. The van der Waals surface area contributed by atoms with Crippen LogP contribution in [0.3, 0.4) is 0 Å². The van der Waals surface area contributed by atoms with Gasteiger partial charge < -0.3 is 20.0 Å². The van der Waals surface area contributed by atoms with Gasteiger partial charge in [0.15, 0.2) is 0 Å². The van der Waals surface area contributed by atoms with E-state index in [0.29, 0.717) is 6.42 Å². The van der Waals surface area contributed by atoms with Crippen LogP contribution in [0.4, 0.5) is 4.79 Å². The smallest absolute Gasteiger partial charge is 0.407 e. The number of carboxylic acid groups (broad SMARTS) is 1. The van der Waals surface area contributed by atoms with Gasteiger partial charge in [0.05, 0.1) is 0 Å². The molecule has 1 atom stereocenters. The van der Waals surface area contributed by atoms with Gasteiger partial charge in [-0.3, -0.25) is 0 Å². The lowest BCUT2D eigenvalue weighted by atomic mass is 9.98. The van der Waals surface area contributed by atoms with Crippen molar-refractivity contribution in [2.75, 3.05) is 6.61 Å². The molecule has 1 N–H and O–H groups in total. The Kier molecular flexibility index (Phi) is 6.03. The van der Waals surface area contributed by atoms with Crippen molar-refractivity contribution in [3.05, 3.63) is 95.1 Å². The molecule has 0 aliphatic heterocycles. The van der Waals surface area contributed by atoms with Crippen molar-refractivity contribution in [3.8, 4) is 11.1 Å². The number of aliphatic carboxylic acids is 1. The number of amides is 1. The van der Waals surface area contributed by atoms with Crippen molar-refractivity contribution < 1.29 is 19.4 Å². The molecule has 0 unspecified atom stereocenters. The van der Waals surface area contributed by atoms with E-state index in [2.05, 4.69) is 29.6 Å². The van der Waals surface area contributed by atoms with E-state index in [-0.39, 0.29) is 18.9 Å². The molecule has 31 heavy (non-hydrogen) atoms. The molecule has 1 amide bonds. The summed E-state index contributed by atoms with van der Waals surface area (Å²) in [5.41, 5.74) is 6.62. The predicted octanol–water partition coefficient (Wildman–Crippen LogP) is 3.58. The van der Waals surface area contributed by atoms with Crippen LogP contribution in [0.2, 0.25) is 0 Å². The van der Waals surface area contributed by atoms with E-state index in [4.69, 9.17) is 4.74 Å². The van der Waals surface area contributed by atoms with E-state index in [9.17, 15) is 14.7 Å². The first-order valence-corrected chi connectivity index (χ1v) is 10.4. The first-order valence-electron chi connectivity index (χ1n) is 10.4. The Labute approximate surface area is 181 Å². The molecule has 4 rings (SSSR count). The molecule has 0 heterocycles. The largest absolute Gasteiger partial charge is 0.550 e. The summed E-state index contributed by atoms with van der Waals surface area (Å²) < 4.78 is 5.55. The lowest BCUT2D eigenvalue weighted by molar-refractivity contribution is -0.306. The fourth-order valence-electron chi connectivity index (χ4n) is 4.19. The van der Waals surface area contributed by atoms with Gasteiger partial charge in [-0.2, -0.15) is 0 Å². The Morgan fingerprint density at radius 2 is 1.52 bits per heavy atom. The molecule has 0 aromatic heterocycles. The monoisotopic (exact) mass is 414 g/mol. The zero-order valence-corrected chi connectivity index (χ0v) is 17.3. The van der Waals surface area contributed by atoms with Crippen LogP contribution >= 0.6 is 0 Å². The molecule has 5 heteroatoms. The molecule has 0 radical (unpaired) electrons. The molecular formula is C26H24NO4-. The van der Waals surface area contributed by atoms with Crippen LogP contribution in [0.5, 0.6) is 0 Å². The molecule has 5 nitrogen and oxygen atoms in total. The third-order valence-electron chi connectivity index (χ3n) is 5.68. The van der Waals surface area contributed by atoms with Crippen molar-refractivity contribution in [1.82, 2.24) is 5.32 Å². The number of rotatable bonds is 7. The number of carbonyl (C=O) groups excluding carboxylic acids is 2. The molecule has 3 aromatic carbocycles. The summed E-state index contributed by atoms with van der Waals surface area (Å²) in [4.78, 5) is 23.7. The molecule has 0 saturated heterocycles. The maximum absolute atomic E-state index is 12.5. The summed E-state index contributed by atoms with van der Waals surface area (Å²) in [5.74, 6) is -1.26. The fraction of sp³-hybridized carbons (Fsp3) is 0.231. The number of ether oxygens (including phenoxy) is 1. The Morgan fingerprint density at radius 1 is 0.935 bits per heavy atom. The zero-order chi connectivity index (χ0) is 21.8. The van der Waals surface area contributed by atoms with Crippen molar-refractivity contribution in [1.29, 1.82) is 0 Å². The highest BCUT2D eigenvalue weighted by molar-refractivity contribution is 5.79. The lowest BCUT2D eigenvalue weighted by Crippen LogP contribution is -2.41. The Hall–Kier alpha value is -3.60. The number of fused-ring (bicyclic) bond motifs is 3. The van der Waals surface area contributed by atoms with Gasteiger partial charge in [-0.25, -0.2) is 4.79 Å². The molecule has 0 fully saturated rings. The lowest BCUT2D eigenvalue weighted by Gasteiger charge is -2.20. The van der Waals surface area contributed by atoms with E-state index < -0.39 is 18.1 Å². The normalized spacial score (nSPS) is 13.2. The first-order chi connectivity index (χ1) is 15.0. The van der Waals surface area contributed by atoms with Crippen LogP contribution in [0.15, 0.2) is 72.8 Å². The Morgan fingerprint density at radius 3 is 2.10 bits per heavy atom. The van der Waals surface area contributed by atoms with Crippen LogP contribution in [0.25, 0.3) is 11.1 Å². The number of nitrogens with one attached hydrogen (secondary N) is 1. The molecule has 0 bridgehead atoms. The van der Waals surface area contributed by atoms with E-state index in [1.165, 1.54) is 0 Å². The highest BCUT2D eigenvalue weighted by Gasteiger charge is 2.29. The topological polar surface area (TPSA) is 78.5 Å². The van der Waals surface area contributed by atoms with Gasteiger partial charge in [0, 0.05) is 24.3 Å². The third kappa shape index (κ3) is 4.77.